The third-order valence-electron chi connectivity index (χ3n) is 5.91. The Kier molecular flexibility index (Phi) is 8.62. The van der Waals surface area contributed by atoms with Crippen LogP contribution in [-0.4, -0.2) is 66.7 Å². The molecular formula is C24H32N2O7S. The van der Waals surface area contributed by atoms with Gasteiger partial charge in [-0.2, -0.15) is 4.31 Å². The van der Waals surface area contributed by atoms with Crippen molar-refractivity contribution in [3.8, 4) is 23.0 Å². The summed E-state index contributed by atoms with van der Waals surface area (Å²) in [6.45, 7) is 0.943. The molecule has 1 N–H and O–H groups in total. The highest BCUT2D eigenvalue weighted by Gasteiger charge is 2.33. The molecule has 1 aliphatic heterocycles. The minimum absolute atomic E-state index is 0.111. The maximum absolute atomic E-state index is 13.2. The van der Waals surface area contributed by atoms with Gasteiger partial charge in [0.25, 0.3) is 0 Å². The van der Waals surface area contributed by atoms with Gasteiger partial charge in [-0.15, -0.1) is 0 Å². The van der Waals surface area contributed by atoms with Gasteiger partial charge < -0.3 is 24.3 Å². The normalized spacial score (nSPS) is 16.5. The van der Waals surface area contributed by atoms with E-state index < -0.39 is 15.9 Å². The van der Waals surface area contributed by atoms with Gasteiger partial charge >= 0.3 is 0 Å². The van der Waals surface area contributed by atoms with Crippen molar-refractivity contribution in [1.29, 1.82) is 0 Å². The molecule has 0 bridgehead atoms. The van der Waals surface area contributed by atoms with Gasteiger partial charge in [0.2, 0.25) is 15.9 Å². The van der Waals surface area contributed by atoms with Crippen LogP contribution in [0.15, 0.2) is 41.3 Å². The van der Waals surface area contributed by atoms with Crippen LogP contribution < -0.4 is 24.3 Å². The van der Waals surface area contributed by atoms with Gasteiger partial charge in [-0.05, 0) is 49.1 Å². The molecule has 9 nitrogen and oxygen atoms in total. The van der Waals surface area contributed by atoms with Crippen molar-refractivity contribution in [3.63, 3.8) is 0 Å². The molecule has 34 heavy (non-hydrogen) atoms. The number of amides is 1. The first-order valence-corrected chi connectivity index (χ1v) is 12.5. The fraction of sp³-hybridized carbons (Fsp3) is 0.458. The van der Waals surface area contributed by atoms with E-state index in [1.165, 1.54) is 30.7 Å². The molecule has 0 aromatic heterocycles. The highest BCUT2D eigenvalue weighted by atomic mass is 32.2. The van der Waals surface area contributed by atoms with Crippen LogP contribution in [0.25, 0.3) is 0 Å². The van der Waals surface area contributed by atoms with Crippen LogP contribution in [0.5, 0.6) is 23.0 Å². The van der Waals surface area contributed by atoms with Gasteiger partial charge in [0.05, 0.1) is 39.3 Å². The Hall–Kier alpha value is -2.98. The largest absolute Gasteiger partial charge is 0.493 e. The van der Waals surface area contributed by atoms with Crippen molar-refractivity contribution in [2.45, 2.75) is 24.2 Å². The predicted molar refractivity (Wildman–Crippen MR) is 127 cm³/mol. The van der Waals surface area contributed by atoms with Gasteiger partial charge in [0, 0.05) is 25.7 Å². The third kappa shape index (κ3) is 5.74. The highest BCUT2D eigenvalue weighted by molar-refractivity contribution is 7.89. The second-order valence-electron chi connectivity index (χ2n) is 7.95. The molecule has 1 heterocycles. The molecule has 3 rings (SSSR count). The quantitative estimate of drug-likeness (QED) is 0.543. The van der Waals surface area contributed by atoms with Crippen LogP contribution in [0.1, 0.15) is 18.4 Å². The summed E-state index contributed by atoms with van der Waals surface area (Å²) in [6.07, 6.45) is 1.87. The lowest BCUT2D eigenvalue weighted by Crippen LogP contribution is -2.45. The number of nitrogens with zero attached hydrogens (tertiary/aromatic N) is 1. The average molecular weight is 493 g/mol. The Labute approximate surface area is 201 Å². The summed E-state index contributed by atoms with van der Waals surface area (Å²) in [5.74, 6) is 1.52. The molecule has 0 unspecified atom stereocenters. The average Bonchev–Trinajstić information content (AvgIpc) is 2.87. The van der Waals surface area contributed by atoms with Crippen molar-refractivity contribution < 1.29 is 32.2 Å². The number of methoxy groups -OCH3 is 4. The van der Waals surface area contributed by atoms with E-state index in [2.05, 4.69) is 5.32 Å². The smallest absolute Gasteiger partial charge is 0.243 e. The number of sulfonamides is 1. The summed E-state index contributed by atoms with van der Waals surface area (Å²) >= 11 is 0. The zero-order valence-electron chi connectivity index (χ0n) is 20.0. The summed E-state index contributed by atoms with van der Waals surface area (Å²) in [4.78, 5) is 12.9. The fourth-order valence-corrected chi connectivity index (χ4v) is 5.55. The minimum atomic E-state index is -3.77. The number of hydrogen-bond acceptors (Lipinski definition) is 7. The number of rotatable bonds is 10. The zero-order valence-corrected chi connectivity index (χ0v) is 20.8. The van der Waals surface area contributed by atoms with Crippen LogP contribution in [-0.2, 0) is 21.2 Å². The Morgan fingerprint density at radius 2 is 1.56 bits per heavy atom. The Morgan fingerprint density at radius 3 is 2.21 bits per heavy atom. The first-order chi connectivity index (χ1) is 16.3. The van der Waals surface area contributed by atoms with E-state index in [-0.39, 0.29) is 17.3 Å². The summed E-state index contributed by atoms with van der Waals surface area (Å²) < 4.78 is 48.8. The second kappa shape index (κ2) is 11.4. The molecular weight excluding hydrogens is 460 g/mol. The van der Waals surface area contributed by atoms with Crippen LogP contribution in [0.4, 0.5) is 0 Å². The van der Waals surface area contributed by atoms with Crippen LogP contribution in [0, 0.1) is 5.92 Å². The molecule has 1 saturated heterocycles. The molecule has 1 fully saturated rings. The molecule has 1 amide bonds. The minimum Gasteiger partial charge on any atom is -0.493 e. The van der Waals surface area contributed by atoms with Gasteiger partial charge in [-0.25, -0.2) is 8.42 Å². The topological polar surface area (TPSA) is 103 Å². The van der Waals surface area contributed by atoms with E-state index in [1.54, 1.807) is 20.3 Å². The number of hydrogen-bond donors (Lipinski definition) is 1. The van der Waals surface area contributed by atoms with Crippen molar-refractivity contribution in [2.24, 2.45) is 5.92 Å². The van der Waals surface area contributed by atoms with Gasteiger partial charge in [0.15, 0.2) is 23.0 Å². The molecule has 0 aliphatic carbocycles. The lowest BCUT2D eigenvalue weighted by atomic mass is 9.99. The van der Waals surface area contributed by atoms with Gasteiger partial charge in [0.1, 0.15) is 0 Å². The summed E-state index contributed by atoms with van der Waals surface area (Å²) in [5.41, 5.74) is 0.999. The van der Waals surface area contributed by atoms with Crippen LogP contribution >= 0.6 is 0 Å². The first kappa shape index (κ1) is 25.6. The van der Waals surface area contributed by atoms with Gasteiger partial charge in [-0.1, -0.05) is 6.07 Å². The maximum Gasteiger partial charge on any atom is 0.243 e. The van der Waals surface area contributed by atoms with E-state index in [0.29, 0.717) is 55.4 Å². The standard InChI is InChI=1S/C24H32N2O7S/c1-30-20-9-7-17(14-22(20)32-3)11-12-25-24(27)18-6-5-13-26(16-18)34(28,29)19-8-10-21(31-2)23(15-19)33-4/h7-10,14-15,18H,5-6,11-13,16H2,1-4H3,(H,25,27)/t18-/m1/s1. The van der Waals surface area contributed by atoms with Gasteiger partial charge in [-0.3, -0.25) is 4.79 Å². The number of ether oxygens (including phenoxy) is 4. The number of carbonyl (C=O) groups excluding carboxylic acids is 1. The third-order valence-corrected chi connectivity index (χ3v) is 7.77. The van der Waals surface area contributed by atoms with E-state index in [9.17, 15) is 13.2 Å². The first-order valence-electron chi connectivity index (χ1n) is 11.0. The maximum atomic E-state index is 13.2. The summed E-state index contributed by atoms with van der Waals surface area (Å²) in [6, 6.07) is 10.1. The molecule has 0 radical (unpaired) electrons. The van der Waals surface area contributed by atoms with E-state index in [0.717, 1.165) is 5.56 Å². The number of piperidine rings is 1. The monoisotopic (exact) mass is 492 g/mol. The Bertz CT molecular complexity index is 1100. The SMILES string of the molecule is COc1ccc(CCNC(=O)[C@@H]2CCCN(S(=O)(=O)c3ccc(OC)c(OC)c3)C2)cc1OC. The van der Waals surface area contributed by atoms with Crippen molar-refractivity contribution in [1.82, 2.24) is 9.62 Å². The molecule has 2 aromatic rings. The molecule has 186 valence electrons. The Morgan fingerprint density at radius 1 is 0.941 bits per heavy atom. The Balaban J connectivity index is 1.61. The summed E-state index contributed by atoms with van der Waals surface area (Å²) in [5, 5.41) is 2.94. The lowest BCUT2D eigenvalue weighted by molar-refractivity contribution is -0.126. The molecule has 0 saturated carbocycles. The van der Waals surface area contributed by atoms with E-state index in [4.69, 9.17) is 18.9 Å². The number of nitrogens with one attached hydrogen (secondary N) is 1. The van der Waals surface area contributed by atoms with E-state index in [1.807, 2.05) is 18.2 Å². The van der Waals surface area contributed by atoms with Crippen molar-refractivity contribution >= 4 is 15.9 Å². The summed E-state index contributed by atoms with van der Waals surface area (Å²) in [7, 11) is 2.33. The highest BCUT2D eigenvalue weighted by Crippen LogP contribution is 2.32. The lowest BCUT2D eigenvalue weighted by Gasteiger charge is -2.31. The van der Waals surface area contributed by atoms with E-state index >= 15 is 0 Å². The van der Waals surface area contributed by atoms with Crippen LogP contribution in [0.2, 0.25) is 0 Å². The van der Waals surface area contributed by atoms with Crippen molar-refractivity contribution in [3.05, 3.63) is 42.0 Å². The zero-order chi connectivity index (χ0) is 24.7. The predicted octanol–water partition coefficient (Wildman–Crippen LogP) is 2.48. The number of benzene rings is 2. The second-order valence-corrected chi connectivity index (χ2v) is 9.89. The molecule has 0 spiro atoms. The molecule has 1 aliphatic rings. The fourth-order valence-electron chi connectivity index (χ4n) is 4.01. The molecule has 2 aromatic carbocycles. The van der Waals surface area contributed by atoms with Crippen LogP contribution in [0.3, 0.4) is 0 Å². The van der Waals surface area contributed by atoms with Crippen molar-refractivity contribution in [2.75, 3.05) is 48.1 Å². The molecule has 10 heteroatoms. The molecule has 1 atom stereocenters. The number of carbonyl (C=O) groups is 1.